The minimum atomic E-state index is -3.72. The lowest BCUT2D eigenvalue weighted by atomic mass is 10.1. The van der Waals surface area contributed by atoms with Gasteiger partial charge in [0.15, 0.2) is 11.5 Å². The highest BCUT2D eigenvalue weighted by Crippen LogP contribution is 2.27. The van der Waals surface area contributed by atoms with Crippen LogP contribution in [0.2, 0.25) is 0 Å². The molecule has 1 aliphatic rings. The molecule has 10 heteroatoms. The molecule has 0 aliphatic carbocycles. The first kappa shape index (κ1) is 21.7. The van der Waals surface area contributed by atoms with Crippen LogP contribution in [0, 0.1) is 0 Å². The zero-order chi connectivity index (χ0) is 21.6. The second kappa shape index (κ2) is 9.68. The van der Waals surface area contributed by atoms with Crippen molar-refractivity contribution in [2.24, 2.45) is 4.99 Å². The van der Waals surface area contributed by atoms with Crippen molar-refractivity contribution in [2.45, 2.75) is 11.3 Å². The minimum absolute atomic E-state index is 0.142. The van der Waals surface area contributed by atoms with E-state index in [9.17, 15) is 8.42 Å². The molecule has 0 amide bonds. The zero-order valence-corrected chi connectivity index (χ0v) is 18.0. The first-order valence-corrected chi connectivity index (χ1v) is 10.8. The predicted octanol–water partition coefficient (Wildman–Crippen LogP) is 1.41. The Bertz CT molecular complexity index is 993. The molecule has 2 N–H and O–H groups in total. The van der Waals surface area contributed by atoms with Crippen molar-refractivity contribution >= 4 is 16.0 Å². The molecule has 0 radical (unpaired) electrons. The van der Waals surface area contributed by atoms with Gasteiger partial charge in [0.05, 0.1) is 39.6 Å². The maximum absolute atomic E-state index is 12.5. The summed E-state index contributed by atoms with van der Waals surface area (Å²) in [6.07, 6.45) is 0.796. The fraction of sp³-hybridized carbons (Fsp3) is 0.350. The van der Waals surface area contributed by atoms with Crippen LogP contribution >= 0.6 is 0 Å². The smallest absolute Gasteiger partial charge is 0.264 e. The fourth-order valence-electron chi connectivity index (χ4n) is 2.95. The molecule has 0 aromatic heterocycles. The average molecular weight is 435 g/mol. The highest BCUT2D eigenvalue weighted by Gasteiger charge is 2.19. The summed E-state index contributed by atoms with van der Waals surface area (Å²) in [5.74, 6) is 2.21. The molecule has 0 saturated heterocycles. The molecule has 1 aliphatic heterocycles. The van der Waals surface area contributed by atoms with Crippen LogP contribution in [0.4, 0.5) is 0 Å². The summed E-state index contributed by atoms with van der Waals surface area (Å²) in [5.41, 5.74) is 1.11. The largest absolute Gasteiger partial charge is 0.497 e. The topological polar surface area (TPSA) is 101 Å². The third-order valence-corrected chi connectivity index (χ3v) is 6.02. The molecule has 30 heavy (non-hydrogen) atoms. The van der Waals surface area contributed by atoms with E-state index in [2.05, 4.69) is 19.9 Å². The number of rotatable bonds is 8. The summed E-state index contributed by atoms with van der Waals surface area (Å²) in [7, 11) is 1.03. The molecular weight excluding hydrogens is 408 g/mol. The number of hydrogen-bond acceptors (Lipinski definition) is 8. The molecule has 0 saturated carbocycles. The van der Waals surface area contributed by atoms with Gasteiger partial charge in [0.2, 0.25) is 5.96 Å². The number of ether oxygens (including phenoxy) is 3. The van der Waals surface area contributed by atoms with Crippen molar-refractivity contribution in [3.63, 3.8) is 0 Å². The van der Waals surface area contributed by atoms with E-state index in [0.29, 0.717) is 30.6 Å². The molecule has 2 aromatic carbocycles. The van der Waals surface area contributed by atoms with E-state index in [0.717, 1.165) is 18.5 Å². The van der Waals surface area contributed by atoms with Crippen molar-refractivity contribution in [3.8, 4) is 17.2 Å². The van der Waals surface area contributed by atoms with Crippen molar-refractivity contribution < 1.29 is 22.6 Å². The number of guanidine groups is 1. The number of hydrogen-bond donors (Lipinski definition) is 2. The SMILES string of the molecule is COc1ccc(S(=O)(=O)NC2=NCN(CCc3ccc(OC)c(OC)c3)CN2)cc1. The lowest BCUT2D eigenvalue weighted by molar-refractivity contribution is 0.266. The molecule has 0 fully saturated rings. The number of benzene rings is 2. The van der Waals surface area contributed by atoms with Crippen LogP contribution in [-0.4, -0.2) is 60.5 Å². The lowest BCUT2D eigenvalue weighted by Gasteiger charge is -2.27. The van der Waals surface area contributed by atoms with Gasteiger partial charge in [-0.05, 0) is 48.4 Å². The van der Waals surface area contributed by atoms with Crippen molar-refractivity contribution in [1.29, 1.82) is 0 Å². The zero-order valence-electron chi connectivity index (χ0n) is 17.2. The van der Waals surface area contributed by atoms with E-state index in [-0.39, 0.29) is 10.9 Å². The van der Waals surface area contributed by atoms with Gasteiger partial charge in [0, 0.05) is 6.54 Å². The van der Waals surface area contributed by atoms with E-state index in [1.807, 2.05) is 18.2 Å². The van der Waals surface area contributed by atoms with Gasteiger partial charge >= 0.3 is 0 Å². The van der Waals surface area contributed by atoms with Gasteiger partial charge in [0.25, 0.3) is 10.0 Å². The van der Waals surface area contributed by atoms with E-state index in [1.54, 1.807) is 26.4 Å². The van der Waals surface area contributed by atoms with Crippen LogP contribution in [0.3, 0.4) is 0 Å². The first-order valence-electron chi connectivity index (χ1n) is 9.33. The number of aliphatic imine (C=N–C) groups is 1. The number of nitrogens with one attached hydrogen (secondary N) is 2. The molecule has 1 heterocycles. The number of methoxy groups -OCH3 is 3. The average Bonchev–Trinajstić information content (AvgIpc) is 2.78. The van der Waals surface area contributed by atoms with Crippen molar-refractivity contribution in [3.05, 3.63) is 48.0 Å². The Morgan fingerprint density at radius 3 is 2.37 bits per heavy atom. The van der Waals surface area contributed by atoms with Crippen LogP contribution in [-0.2, 0) is 16.4 Å². The lowest BCUT2D eigenvalue weighted by Crippen LogP contribution is -2.50. The number of nitrogens with zero attached hydrogens (tertiary/aromatic N) is 2. The fourth-order valence-corrected chi connectivity index (χ4v) is 3.95. The van der Waals surface area contributed by atoms with Gasteiger partial charge in [-0.15, -0.1) is 0 Å². The summed E-state index contributed by atoms with van der Waals surface area (Å²) >= 11 is 0. The van der Waals surface area contributed by atoms with Gasteiger partial charge in [-0.25, -0.2) is 18.1 Å². The van der Waals surface area contributed by atoms with Gasteiger partial charge < -0.3 is 19.5 Å². The molecule has 9 nitrogen and oxygen atoms in total. The summed E-state index contributed by atoms with van der Waals surface area (Å²) in [6.45, 7) is 1.63. The van der Waals surface area contributed by atoms with Crippen LogP contribution in [0.25, 0.3) is 0 Å². The Morgan fingerprint density at radius 1 is 1.03 bits per heavy atom. The Balaban J connectivity index is 1.54. The highest BCUT2D eigenvalue weighted by molar-refractivity contribution is 7.90. The quantitative estimate of drug-likeness (QED) is 0.648. The van der Waals surface area contributed by atoms with Gasteiger partial charge in [0.1, 0.15) is 5.75 Å². The Morgan fingerprint density at radius 2 is 1.77 bits per heavy atom. The van der Waals surface area contributed by atoms with E-state index in [1.165, 1.54) is 19.2 Å². The Kier molecular flexibility index (Phi) is 7.01. The second-order valence-electron chi connectivity index (χ2n) is 6.60. The Labute approximate surface area is 176 Å². The van der Waals surface area contributed by atoms with Crippen LogP contribution in [0.1, 0.15) is 5.56 Å². The maximum atomic E-state index is 12.5. The molecule has 0 bridgehead atoms. The highest BCUT2D eigenvalue weighted by atomic mass is 32.2. The van der Waals surface area contributed by atoms with Gasteiger partial charge in [-0.3, -0.25) is 4.90 Å². The van der Waals surface area contributed by atoms with Crippen molar-refractivity contribution in [1.82, 2.24) is 14.9 Å². The third kappa shape index (κ3) is 5.33. The summed E-state index contributed by atoms with van der Waals surface area (Å²) < 4.78 is 43.1. The maximum Gasteiger partial charge on any atom is 0.264 e. The molecule has 162 valence electrons. The second-order valence-corrected chi connectivity index (χ2v) is 8.28. The third-order valence-electron chi connectivity index (χ3n) is 4.66. The summed E-state index contributed by atoms with van der Waals surface area (Å²) in [4.78, 5) is 6.51. The molecule has 2 aromatic rings. The Hall–Kier alpha value is -2.98. The molecular formula is C20H26N4O5S. The van der Waals surface area contributed by atoms with Gasteiger partial charge in [-0.2, -0.15) is 0 Å². The summed E-state index contributed by atoms with van der Waals surface area (Å²) in [6, 6.07) is 12.0. The van der Waals surface area contributed by atoms with E-state index < -0.39 is 10.0 Å². The van der Waals surface area contributed by atoms with E-state index >= 15 is 0 Å². The van der Waals surface area contributed by atoms with Crippen LogP contribution in [0.15, 0.2) is 52.4 Å². The monoisotopic (exact) mass is 434 g/mol. The van der Waals surface area contributed by atoms with Gasteiger partial charge in [-0.1, -0.05) is 6.07 Å². The first-order chi connectivity index (χ1) is 14.4. The van der Waals surface area contributed by atoms with E-state index in [4.69, 9.17) is 14.2 Å². The standard InChI is InChI=1S/C20H26N4O5S/c1-27-16-5-7-17(8-6-16)30(25,26)23-20-21-13-24(14-22-20)11-10-15-4-9-18(28-2)19(12-15)29-3/h4-9,12H,10-11,13-14H2,1-3H3,(H2,21,22,23). The van der Waals surface area contributed by atoms with Crippen LogP contribution < -0.4 is 24.2 Å². The molecule has 0 unspecified atom stereocenters. The number of sulfonamides is 1. The predicted molar refractivity (Wildman–Crippen MR) is 114 cm³/mol. The summed E-state index contributed by atoms with van der Waals surface area (Å²) in [5, 5.41) is 3.01. The van der Waals surface area contributed by atoms with Crippen LogP contribution in [0.5, 0.6) is 17.2 Å². The van der Waals surface area contributed by atoms with Crippen molar-refractivity contribution in [2.75, 3.05) is 41.2 Å². The molecule has 0 spiro atoms. The minimum Gasteiger partial charge on any atom is -0.497 e. The molecule has 0 atom stereocenters. The molecule has 3 rings (SSSR count). The normalized spacial score (nSPS) is 14.4.